The van der Waals surface area contributed by atoms with E-state index in [2.05, 4.69) is 15.2 Å². The molecular weight excluding hydrogens is 372 g/mol. The molecule has 1 saturated heterocycles. The molecule has 2 aromatic rings. The highest BCUT2D eigenvalue weighted by Gasteiger charge is 2.26. The van der Waals surface area contributed by atoms with Crippen LogP contribution in [0, 0.1) is 0 Å². The number of hydrogen-bond donors (Lipinski definition) is 1. The molecule has 1 aliphatic heterocycles. The molecule has 26 heavy (non-hydrogen) atoms. The zero-order valence-corrected chi connectivity index (χ0v) is 16.4. The fraction of sp³-hybridized carbons (Fsp3) is 0.412. The molecule has 1 fully saturated rings. The average Bonchev–Trinajstić information content (AvgIpc) is 3.30. The third-order valence-corrected chi connectivity index (χ3v) is 7.07. The molecule has 0 bridgehead atoms. The van der Waals surface area contributed by atoms with Crippen LogP contribution >= 0.6 is 11.3 Å². The molecule has 7 nitrogen and oxygen atoms in total. The van der Waals surface area contributed by atoms with Crippen LogP contribution in [0.2, 0.25) is 0 Å². The highest BCUT2D eigenvalue weighted by Crippen LogP contribution is 2.26. The quantitative estimate of drug-likeness (QED) is 0.808. The molecule has 1 aromatic heterocycles. The van der Waals surface area contributed by atoms with E-state index in [1.165, 1.54) is 26.2 Å². The summed E-state index contributed by atoms with van der Waals surface area (Å²) in [7, 11) is -0.532. The van der Waals surface area contributed by atoms with Crippen molar-refractivity contribution in [2.24, 2.45) is 0 Å². The lowest BCUT2D eigenvalue weighted by molar-refractivity contribution is 0.0951. The number of carbonyl (C=O) groups is 1. The van der Waals surface area contributed by atoms with Gasteiger partial charge in [-0.3, -0.25) is 4.79 Å². The third-order valence-electron chi connectivity index (χ3n) is 4.44. The van der Waals surface area contributed by atoms with Gasteiger partial charge in [0.05, 0.1) is 4.90 Å². The Labute approximate surface area is 157 Å². The van der Waals surface area contributed by atoms with E-state index in [0.29, 0.717) is 12.1 Å². The summed E-state index contributed by atoms with van der Waals surface area (Å²) >= 11 is 1.60. The summed E-state index contributed by atoms with van der Waals surface area (Å²) in [6.07, 6.45) is 3.88. The van der Waals surface area contributed by atoms with E-state index in [4.69, 9.17) is 0 Å². The van der Waals surface area contributed by atoms with Gasteiger partial charge in [-0.15, -0.1) is 11.3 Å². The molecule has 1 aromatic carbocycles. The lowest BCUT2D eigenvalue weighted by atomic mass is 10.2. The minimum atomic E-state index is -3.49. The number of rotatable bonds is 6. The van der Waals surface area contributed by atoms with E-state index in [1.54, 1.807) is 29.7 Å². The maximum atomic E-state index is 12.4. The zero-order chi connectivity index (χ0) is 18.7. The minimum Gasteiger partial charge on any atom is -0.350 e. The summed E-state index contributed by atoms with van der Waals surface area (Å²) in [5, 5.41) is 5.89. The average molecular weight is 395 g/mol. The van der Waals surface area contributed by atoms with Crippen LogP contribution in [0.5, 0.6) is 0 Å². The number of benzene rings is 1. The van der Waals surface area contributed by atoms with Crippen molar-refractivity contribution < 1.29 is 13.2 Å². The van der Waals surface area contributed by atoms with Gasteiger partial charge in [0, 0.05) is 50.4 Å². The van der Waals surface area contributed by atoms with Gasteiger partial charge in [0.2, 0.25) is 10.0 Å². The monoisotopic (exact) mass is 394 g/mol. The van der Waals surface area contributed by atoms with Crippen molar-refractivity contribution >= 4 is 32.4 Å². The Morgan fingerprint density at radius 1 is 1.35 bits per heavy atom. The first-order chi connectivity index (χ1) is 12.4. The molecule has 2 heterocycles. The highest BCUT2D eigenvalue weighted by molar-refractivity contribution is 7.89. The van der Waals surface area contributed by atoms with Crippen molar-refractivity contribution in [1.29, 1.82) is 0 Å². The van der Waals surface area contributed by atoms with Crippen molar-refractivity contribution in [2.45, 2.75) is 23.8 Å². The number of nitrogens with zero attached hydrogens (tertiary/aromatic N) is 3. The largest absolute Gasteiger partial charge is 0.350 e. The smallest absolute Gasteiger partial charge is 0.251 e. The maximum Gasteiger partial charge on any atom is 0.251 e. The van der Waals surface area contributed by atoms with Crippen molar-refractivity contribution in [2.75, 3.05) is 32.1 Å². The van der Waals surface area contributed by atoms with E-state index >= 15 is 0 Å². The van der Waals surface area contributed by atoms with Crippen LogP contribution in [0.25, 0.3) is 0 Å². The third kappa shape index (κ3) is 3.89. The Morgan fingerprint density at radius 2 is 2.08 bits per heavy atom. The number of aromatic nitrogens is 1. The summed E-state index contributed by atoms with van der Waals surface area (Å²) in [4.78, 5) is 19.1. The first-order valence-corrected chi connectivity index (χ1v) is 10.7. The second kappa shape index (κ2) is 7.73. The van der Waals surface area contributed by atoms with Gasteiger partial charge in [-0.1, -0.05) is 0 Å². The van der Waals surface area contributed by atoms with Crippen LogP contribution in [-0.4, -0.2) is 56.8 Å². The highest BCUT2D eigenvalue weighted by atomic mass is 32.2. The Balaban J connectivity index is 1.62. The number of amides is 1. The molecule has 140 valence electrons. The number of carbonyl (C=O) groups excluding carboxylic acids is 1. The summed E-state index contributed by atoms with van der Waals surface area (Å²) in [6, 6.07) is 6.24. The van der Waals surface area contributed by atoms with Gasteiger partial charge in [-0.25, -0.2) is 17.7 Å². The molecule has 1 atom stereocenters. The van der Waals surface area contributed by atoms with Gasteiger partial charge < -0.3 is 10.2 Å². The lowest BCUT2D eigenvalue weighted by Gasteiger charge is -2.24. The van der Waals surface area contributed by atoms with Crippen LogP contribution in [-0.2, 0) is 10.0 Å². The van der Waals surface area contributed by atoms with Crippen molar-refractivity contribution in [3.05, 3.63) is 41.4 Å². The molecule has 0 unspecified atom stereocenters. The van der Waals surface area contributed by atoms with E-state index in [0.717, 1.165) is 28.8 Å². The van der Waals surface area contributed by atoms with Crippen molar-refractivity contribution in [3.8, 4) is 0 Å². The Bertz CT molecular complexity index is 849. The molecule has 1 aliphatic rings. The molecular formula is C17H22N4O3S2. The molecule has 1 N–H and O–H groups in total. The van der Waals surface area contributed by atoms with Crippen molar-refractivity contribution in [3.63, 3.8) is 0 Å². The van der Waals surface area contributed by atoms with Crippen molar-refractivity contribution in [1.82, 2.24) is 14.6 Å². The predicted octanol–water partition coefficient (Wildman–Crippen LogP) is 1.79. The number of hydrogen-bond acceptors (Lipinski definition) is 6. The molecule has 9 heteroatoms. The van der Waals surface area contributed by atoms with Crippen LogP contribution in [0.15, 0.2) is 40.7 Å². The predicted molar refractivity (Wildman–Crippen MR) is 102 cm³/mol. The van der Waals surface area contributed by atoms with Crippen LogP contribution in [0.1, 0.15) is 23.2 Å². The fourth-order valence-corrected chi connectivity index (χ4v) is 4.60. The lowest BCUT2D eigenvalue weighted by Crippen LogP contribution is -2.40. The van der Waals surface area contributed by atoms with Gasteiger partial charge in [0.25, 0.3) is 5.91 Å². The van der Waals surface area contributed by atoms with E-state index in [9.17, 15) is 13.2 Å². The van der Waals surface area contributed by atoms with Crippen LogP contribution < -0.4 is 10.2 Å². The Kier molecular flexibility index (Phi) is 5.59. The molecule has 0 saturated carbocycles. The number of anilines is 1. The Morgan fingerprint density at radius 3 is 2.69 bits per heavy atom. The normalized spacial score (nSPS) is 17.7. The molecule has 0 aliphatic carbocycles. The van der Waals surface area contributed by atoms with Gasteiger partial charge in [0.15, 0.2) is 5.13 Å². The van der Waals surface area contributed by atoms with Crippen LogP contribution in [0.3, 0.4) is 0 Å². The first-order valence-electron chi connectivity index (χ1n) is 8.36. The van der Waals surface area contributed by atoms with E-state index in [-0.39, 0.29) is 16.8 Å². The summed E-state index contributed by atoms with van der Waals surface area (Å²) in [6.45, 7) is 1.49. The van der Waals surface area contributed by atoms with E-state index < -0.39 is 10.0 Å². The fourth-order valence-electron chi connectivity index (χ4n) is 2.96. The standard InChI is InChI=1S/C17H22N4O3S2/c1-20(2)26(23,24)15-7-5-13(6-8-15)16(22)19-12-14-4-3-10-21(14)17-18-9-11-25-17/h5-9,11,14H,3-4,10,12H2,1-2H3,(H,19,22)/t14-/m1/s1. The molecule has 3 rings (SSSR count). The minimum absolute atomic E-state index is 0.171. The SMILES string of the molecule is CN(C)S(=O)(=O)c1ccc(C(=O)NC[C@H]2CCCN2c2nccs2)cc1. The van der Waals surface area contributed by atoms with Gasteiger partial charge in [0.1, 0.15) is 0 Å². The van der Waals surface area contributed by atoms with Gasteiger partial charge in [-0.2, -0.15) is 0 Å². The van der Waals surface area contributed by atoms with Gasteiger partial charge >= 0.3 is 0 Å². The number of sulfonamides is 1. The number of nitrogens with one attached hydrogen (secondary N) is 1. The topological polar surface area (TPSA) is 82.6 Å². The van der Waals surface area contributed by atoms with E-state index in [1.807, 2.05) is 5.38 Å². The summed E-state index contributed by atoms with van der Waals surface area (Å²) in [5.41, 5.74) is 0.446. The Hall–Kier alpha value is -1.97. The first kappa shape index (κ1) is 18.8. The second-order valence-corrected chi connectivity index (χ2v) is 9.35. The zero-order valence-electron chi connectivity index (χ0n) is 14.8. The summed E-state index contributed by atoms with van der Waals surface area (Å²) < 4.78 is 25.3. The molecule has 0 spiro atoms. The molecule has 0 radical (unpaired) electrons. The second-order valence-electron chi connectivity index (χ2n) is 6.33. The molecule has 1 amide bonds. The summed E-state index contributed by atoms with van der Waals surface area (Å²) in [5.74, 6) is -0.204. The number of thiazole rings is 1. The van der Waals surface area contributed by atoms with Gasteiger partial charge in [-0.05, 0) is 37.1 Å². The maximum absolute atomic E-state index is 12.4. The van der Waals surface area contributed by atoms with Crippen LogP contribution in [0.4, 0.5) is 5.13 Å².